The number of ether oxygens (including phenoxy) is 5. The number of cyclic esters (lactones) is 1. The minimum Gasteiger partial charge on any atom is -0.455 e. The molecule has 3 saturated heterocycles. The van der Waals surface area contributed by atoms with Crippen molar-refractivity contribution in [1.29, 1.82) is 0 Å². The lowest BCUT2D eigenvalue weighted by molar-refractivity contribution is -0.230. The van der Waals surface area contributed by atoms with Crippen LogP contribution in [0.15, 0.2) is 0 Å². The number of hydrogen-bond donors (Lipinski definition) is 0. The van der Waals surface area contributed by atoms with Gasteiger partial charge in [-0.2, -0.15) is 0 Å². The summed E-state index contributed by atoms with van der Waals surface area (Å²) in [5.41, 5.74) is 0. The van der Waals surface area contributed by atoms with Gasteiger partial charge in [-0.25, -0.2) is 4.79 Å². The highest BCUT2D eigenvalue weighted by molar-refractivity contribution is 5.78. The third kappa shape index (κ3) is 2.42. The molecule has 2 aliphatic carbocycles. The number of hydrogen-bond acceptors (Lipinski definition) is 6. The number of rotatable bonds is 1. The molecule has 3 heterocycles. The second-order valence-corrected chi connectivity index (χ2v) is 7.93. The Morgan fingerprint density at radius 2 is 1.42 bits per heavy atom. The summed E-state index contributed by atoms with van der Waals surface area (Å²) in [6.45, 7) is 0.470. The maximum Gasteiger partial charge on any atom is 0.338 e. The Morgan fingerprint density at radius 1 is 0.750 bits per heavy atom. The van der Waals surface area contributed by atoms with E-state index in [0.29, 0.717) is 6.61 Å². The molecule has 5 rings (SSSR count). The maximum absolute atomic E-state index is 12.3. The molecule has 5 fully saturated rings. The molecule has 6 heteroatoms. The van der Waals surface area contributed by atoms with Gasteiger partial charge in [-0.1, -0.05) is 12.8 Å². The summed E-state index contributed by atoms with van der Waals surface area (Å²) in [6, 6.07) is 0. The SMILES string of the molecule is O=C1OC(C2COC3(CCCCC3)O2)[C@@H]2OC3(CCCCC3)O[C@H]12. The van der Waals surface area contributed by atoms with Gasteiger partial charge in [-0.05, 0) is 25.7 Å². The molecule has 0 amide bonds. The summed E-state index contributed by atoms with van der Waals surface area (Å²) >= 11 is 0. The van der Waals surface area contributed by atoms with Gasteiger partial charge in [0.1, 0.15) is 12.2 Å². The summed E-state index contributed by atoms with van der Waals surface area (Å²) in [5.74, 6) is -1.34. The molecular formula is C18H26O6. The molecule has 0 aromatic rings. The average Bonchev–Trinajstić information content (AvgIpc) is 3.24. The molecule has 0 aromatic carbocycles. The van der Waals surface area contributed by atoms with E-state index in [9.17, 15) is 4.79 Å². The molecule has 2 spiro atoms. The van der Waals surface area contributed by atoms with Crippen molar-refractivity contribution in [3.05, 3.63) is 0 Å². The Bertz CT molecular complexity index is 508. The molecule has 4 atom stereocenters. The zero-order valence-corrected chi connectivity index (χ0v) is 14.0. The van der Waals surface area contributed by atoms with Gasteiger partial charge in [0.25, 0.3) is 0 Å². The highest BCUT2D eigenvalue weighted by Gasteiger charge is 2.62. The lowest BCUT2D eigenvalue weighted by Gasteiger charge is -2.34. The lowest BCUT2D eigenvalue weighted by Crippen LogP contribution is -2.43. The quantitative estimate of drug-likeness (QED) is 0.684. The maximum atomic E-state index is 12.3. The largest absolute Gasteiger partial charge is 0.455 e. The molecule has 24 heavy (non-hydrogen) atoms. The van der Waals surface area contributed by atoms with Gasteiger partial charge in [0, 0.05) is 25.7 Å². The minimum absolute atomic E-state index is 0.246. The summed E-state index contributed by atoms with van der Waals surface area (Å²) in [7, 11) is 0. The molecule has 0 aromatic heterocycles. The van der Waals surface area contributed by atoms with E-state index in [1.54, 1.807) is 0 Å². The average molecular weight is 338 g/mol. The van der Waals surface area contributed by atoms with Gasteiger partial charge in [-0.15, -0.1) is 0 Å². The van der Waals surface area contributed by atoms with Crippen molar-refractivity contribution < 1.29 is 28.5 Å². The zero-order chi connectivity index (χ0) is 16.2. The number of fused-ring (bicyclic) bond motifs is 1. The first-order valence-electron chi connectivity index (χ1n) is 9.57. The van der Waals surface area contributed by atoms with Crippen molar-refractivity contribution in [2.45, 2.75) is 100 Å². The van der Waals surface area contributed by atoms with Crippen LogP contribution in [0.1, 0.15) is 64.2 Å². The fraction of sp³-hybridized carbons (Fsp3) is 0.944. The predicted molar refractivity (Wildman–Crippen MR) is 82.1 cm³/mol. The van der Waals surface area contributed by atoms with Gasteiger partial charge in [0.15, 0.2) is 23.8 Å². The molecule has 3 aliphatic heterocycles. The molecule has 0 N–H and O–H groups in total. The third-order valence-corrected chi connectivity index (χ3v) is 6.27. The van der Waals surface area contributed by atoms with E-state index in [0.717, 1.165) is 51.4 Å². The highest BCUT2D eigenvalue weighted by atomic mass is 16.8. The van der Waals surface area contributed by atoms with Crippen LogP contribution < -0.4 is 0 Å². The van der Waals surface area contributed by atoms with Gasteiger partial charge in [-0.3, -0.25) is 0 Å². The standard InChI is InChI=1S/C18H26O6/c19-16-15-14(23-18(24-15)9-5-2-6-10-18)13(21-16)12-11-20-17(22-12)7-3-1-4-8-17/h12-15H,1-11H2/t12?,13?,14-,15-/m0/s1. The van der Waals surface area contributed by atoms with Gasteiger partial charge in [0.05, 0.1) is 6.61 Å². The van der Waals surface area contributed by atoms with E-state index < -0.39 is 23.8 Å². The van der Waals surface area contributed by atoms with Crippen molar-refractivity contribution in [1.82, 2.24) is 0 Å². The molecule has 6 nitrogen and oxygen atoms in total. The Hall–Kier alpha value is -0.690. The van der Waals surface area contributed by atoms with Crippen LogP contribution in [-0.4, -0.2) is 48.6 Å². The second kappa shape index (κ2) is 5.66. The fourth-order valence-corrected chi connectivity index (χ4v) is 5.03. The topological polar surface area (TPSA) is 63.2 Å². The number of esters is 1. The lowest BCUT2D eigenvalue weighted by atomic mass is 9.94. The molecular weight excluding hydrogens is 312 g/mol. The van der Waals surface area contributed by atoms with Crippen molar-refractivity contribution >= 4 is 5.97 Å². The van der Waals surface area contributed by atoms with Crippen LogP contribution in [-0.2, 0) is 28.5 Å². The number of carbonyl (C=O) groups is 1. The van der Waals surface area contributed by atoms with E-state index >= 15 is 0 Å². The van der Waals surface area contributed by atoms with E-state index in [1.807, 2.05) is 0 Å². The van der Waals surface area contributed by atoms with Crippen molar-refractivity contribution in [2.75, 3.05) is 6.61 Å². The summed E-state index contributed by atoms with van der Waals surface area (Å²) < 4.78 is 30.2. The highest BCUT2D eigenvalue weighted by Crippen LogP contribution is 2.47. The second-order valence-electron chi connectivity index (χ2n) is 7.93. The first-order valence-corrected chi connectivity index (χ1v) is 9.57. The smallest absolute Gasteiger partial charge is 0.338 e. The zero-order valence-electron chi connectivity index (χ0n) is 14.0. The van der Waals surface area contributed by atoms with E-state index in [1.165, 1.54) is 12.8 Å². The van der Waals surface area contributed by atoms with Gasteiger partial charge in [0.2, 0.25) is 0 Å². The predicted octanol–water partition coefficient (Wildman–Crippen LogP) is 2.43. The Morgan fingerprint density at radius 3 is 2.12 bits per heavy atom. The molecule has 0 bridgehead atoms. The third-order valence-electron chi connectivity index (χ3n) is 6.27. The van der Waals surface area contributed by atoms with Gasteiger partial charge < -0.3 is 23.7 Å². The molecule has 134 valence electrons. The van der Waals surface area contributed by atoms with E-state index in [4.69, 9.17) is 23.7 Å². The van der Waals surface area contributed by atoms with Crippen LogP contribution in [0.4, 0.5) is 0 Å². The van der Waals surface area contributed by atoms with E-state index in [2.05, 4.69) is 0 Å². The van der Waals surface area contributed by atoms with Crippen molar-refractivity contribution in [3.8, 4) is 0 Å². The molecule has 5 aliphatic rings. The first-order chi connectivity index (χ1) is 11.7. The fourth-order valence-electron chi connectivity index (χ4n) is 5.03. The van der Waals surface area contributed by atoms with Crippen LogP contribution in [0.3, 0.4) is 0 Å². The van der Waals surface area contributed by atoms with Crippen LogP contribution in [0.2, 0.25) is 0 Å². The molecule has 0 radical (unpaired) electrons. The van der Waals surface area contributed by atoms with Crippen molar-refractivity contribution in [3.63, 3.8) is 0 Å². The summed E-state index contributed by atoms with van der Waals surface area (Å²) in [4.78, 5) is 12.3. The normalized spacial score (nSPS) is 43.2. The van der Waals surface area contributed by atoms with Crippen molar-refractivity contribution in [2.24, 2.45) is 0 Å². The van der Waals surface area contributed by atoms with E-state index in [-0.39, 0.29) is 18.2 Å². The van der Waals surface area contributed by atoms with Crippen LogP contribution in [0, 0.1) is 0 Å². The minimum atomic E-state index is -0.598. The molecule has 2 unspecified atom stereocenters. The van der Waals surface area contributed by atoms with Crippen LogP contribution >= 0.6 is 0 Å². The molecule has 2 saturated carbocycles. The van der Waals surface area contributed by atoms with Crippen LogP contribution in [0.5, 0.6) is 0 Å². The Balaban J connectivity index is 1.31. The Labute approximate surface area is 142 Å². The number of carbonyl (C=O) groups excluding carboxylic acids is 1. The van der Waals surface area contributed by atoms with Crippen LogP contribution in [0.25, 0.3) is 0 Å². The summed E-state index contributed by atoms with van der Waals surface area (Å²) in [5, 5.41) is 0. The Kier molecular flexibility index (Phi) is 3.67. The monoisotopic (exact) mass is 338 g/mol. The summed E-state index contributed by atoms with van der Waals surface area (Å²) in [6.07, 6.45) is 8.87. The first kappa shape index (κ1) is 15.6. The van der Waals surface area contributed by atoms with Gasteiger partial charge >= 0.3 is 5.97 Å².